The van der Waals surface area contributed by atoms with E-state index in [2.05, 4.69) is 15.5 Å². The van der Waals surface area contributed by atoms with Gasteiger partial charge in [-0.1, -0.05) is 11.6 Å². The zero-order chi connectivity index (χ0) is 17.0. The van der Waals surface area contributed by atoms with Crippen molar-refractivity contribution in [2.75, 3.05) is 13.1 Å². The summed E-state index contributed by atoms with van der Waals surface area (Å²) in [7, 11) is 0. The van der Waals surface area contributed by atoms with Gasteiger partial charge in [-0.15, -0.1) is 0 Å². The highest BCUT2D eigenvalue weighted by Gasteiger charge is 2.54. The first-order valence-corrected chi connectivity index (χ1v) is 10.0. The third-order valence-electron chi connectivity index (χ3n) is 7.41. The zero-order valence-corrected chi connectivity index (χ0v) is 15.0. The van der Waals surface area contributed by atoms with Crippen LogP contribution in [0.4, 0.5) is 4.79 Å². The van der Waals surface area contributed by atoms with Crippen LogP contribution in [0.25, 0.3) is 0 Å². The van der Waals surface area contributed by atoms with Gasteiger partial charge in [0, 0.05) is 25.0 Å². The van der Waals surface area contributed by atoms with E-state index in [0.717, 1.165) is 55.5 Å². The number of urea groups is 1. The molecule has 1 N–H and O–H groups in total. The van der Waals surface area contributed by atoms with Gasteiger partial charge in [0.05, 0.1) is 0 Å². The number of hydrogen-bond donors (Lipinski definition) is 1. The van der Waals surface area contributed by atoms with E-state index in [1.807, 2.05) is 11.8 Å². The van der Waals surface area contributed by atoms with Crippen LogP contribution in [-0.2, 0) is 0 Å². The third kappa shape index (κ3) is 2.64. The van der Waals surface area contributed by atoms with Crippen LogP contribution in [-0.4, -0.2) is 40.2 Å². The van der Waals surface area contributed by atoms with E-state index in [1.54, 1.807) is 0 Å². The number of nitrogens with one attached hydrogen (secondary N) is 1. The smallest absolute Gasteiger partial charge is 0.317 e. The van der Waals surface area contributed by atoms with E-state index in [9.17, 15) is 4.79 Å². The average Bonchev–Trinajstić information content (AvgIpc) is 3.36. The first kappa shape index (κ1) is 15.6. The van der Waals surface area contributed by atoms with Gasteiger partial charge in [-0.2, -0.15) is 4.98 Å². The monoisotopic (exact) mass is 344 g/mol. The highest BCUT2D eigenvalue weighted by Crippen LogP contribution is 2.58. The molecule has 3 saturated carbocycles. The van der Waals surface area contributed by atoms with E-state index < -0.39 is 0 Å². The maximum Gasteiger partial charge on any atom is 0.317 e. The Hall–Kier alpha value is -1.59. The normalized spacial score (nSPS) is 37.5. The number of likely N-dealkylation sites (tertiary alicyclic amines) is 1. The van der Waals surface area contributed by atoms with Crippen molar-refractivity contribution in [1.82, 2.24) is 20.4 Å². The Labute approximate surface area is 148 Å². The molecule has 1 aromatic heterocycles. The molecule has 4 fully saturated rings. The van der Waals surface area contributed by atoms with Gasteiger partial charge in [-0.25, -0.2) is 4.79 Å². The number of piperidine rings is 1. The Morgan fingerprint density at radius 1 is 1.12 bits per heavy atom. The van der Waals surface area contributed by atoms with Gasteiger partial charge in [0.2, 0.25) is 5.89 Å². The summed E-state index contributed by atoms with van der Waals surface area (Å²) in [5, 5.41) is 7.27. The topological polar surface area (TPSA) is 71.3 Å². The summed E-state index contributed by atoms with van der Waals surface area (Å²) < 4.78 is 5.30. The predicted molar refractivity (Wildman–Crippen MR) is 91.9 cm³/mol. The van der Waals surface area contributed by atoms with Crippen LogP contribution < -0.4 is 5.32 Å². The summed E-state index contributed by atoms with van der Waals surface area (Å²) in [6, 6.07) is 0.570. The molecule has 0 radical (unpaired) electrons. The quantitative estimate of drug-likeness (QED) is 0.895. The fourth-order valence-electron chi connectivity index (χ4n) is 6.29. The summed E-state index contributed by atoms with van der Waals surface area (Å²) in [5.74, 6) is 5.23. The summed E-state index contributed by atoms with van der Waals surface area (Å²) in [5.41, 5.74) is 0. The van der Waals surface area contributed by atoms with Crippen LogP contribution in [0.1, 0.15) is 62.6 Å². The lowest BCUT2D eigenvalue weighted by Gasteiger charge is -2.35. The molecule has 2 bridgehead atoms. The molecule has 6 heteroatoms. The maximum atomic E-state index is 12.7. The van der Waals surface area contributed by atoms with Crippen LogP contribution in [0.15, 0.2) is 4.52 Å². The second kappa shape index (κ2) is 5.99. The lowest BCUT2D eigenvalue weighted by Crippen LogP contribution is -2.50. The Balaban J connectivity index is 1.15. The van der Waals surface area contributed by atoms with Crippen molar-refractivity contribution in [2.45, 2.75) is 63.8 Å². The molecule has 2 heterocycles. The number of hydrogen-bond acceptors (Lipinski definition) is 4. The fraction of sp³-hybridized carbons (Fsp3) is 0.842. The van der Waals surface area contributed by atoms with Crippen LogP contribution in [0.3, 0.4) is 0 Å². The Morgan fingerprint density at radius 3 is 2.68 bits per heavy atom. The molecule has 4 aliphatic rings. The second-order valence-corrected chi connectivity index (χ2v) is 8.65. The molecule has 25 heavy (non-hydrogen) atoms. The number of amides is 2. The molecule has 1 aliphatic heterocycles. The second-order valence-electron chi connectivity index (χ2n) is 8.65. The minimum absolute atomic E-state index is 0.146. The molecule has 136 valence electrons. The fourth-order valence-corrected chi connectivity index (χ4v) is 6.29. The molecule has 5 unspecified atom stereocenters. The SMILES string of the molecule is Cc1noc(C2CCN(C(=O)NC3CC4CC3C3CCCC43)CC2)n1. The minimum Gasteiger partial charge on any atom is -0.339 e. The van der Waals surface area contributed by atoms with E-state index in [1.165, 1.54) is 32.1 Å². The highest BCUT2D eigenvalue weighted by atomic mass is 16.5. The van der Waals surface area contributed by atoms with Crippen molar-refractivity contribution in [3.8, 4) is 0 Å². The van der Waals surface area contributed by atoms with Gasteiger partial charge < -0.3 is 14.7 Å². The van der Waals surface area contributed by atoms with Crippen molar-refractivity contribution >= 4 is 6.03 Å². The van der Waals surface area contributed by atoms with Gasteiger partial charge in [0.15, 0.2) is 5.82 Å². The lowest BCUT2D eigenvalue weighted by atomic mass is 9.79. The van der Waals surface area contributed by atoms with Crippen LogP contribution in [0.2, 0.25) is 0 Å². The average molecular weight is 344 g/mol. The molecule has 1 aromatic rings. The van der Waals surface area contributed by atoms with E-state index in [4.69, 9.17) is 4.52 Å². The first-order valence-electron chi connectivity index (χ1n) is 10.0. The number of carbonyl (C=O) groups excluding carboxylic acids is 1. The van der Waals surface area contributed by atoms with Gasteiger partial charge in [0.1, 0.15) is 0 Å². The summed E-state index contributed by atoms with van der Waals surface area (Å²) in [6.45, 7) is 3.41. The molecule has 0 aromatic carbocycles. The molecule has 5 rings (SSSR count). The largest absolute Gasteiger partial charge is 0.339 e. The van der Waals surface area contributed by atoms with Crippen LogP contribution >= 0.6 is 0 Å². The zero-order valence-electron chi connectivity index (χ0n) is 15.0. The lowest BCUT2D eigenvalue weighted by molar-refractivity contribution is 0.157. The van der Waals surface area contributed by atoms with Crippen molar-refractivity contribution in [2.24, 2.45) is 23.7 Å². The van der Waals surface area contributed by atoms with Gasteiger partial charge >= 0.3 is 6.03 Å². The van der Waals surface area contributed by atoms with Crippen LogP contribution in [0, 0.1) is 30.6 Å². The Kier molecular flexibility index (Phi) is 3.75. The number of nitrogens with zero attached hydrogens (tertiary/aromatic N) is 3. The predicted octanol–water partition coefficient (Wildman–Crippen LogP) is 3.09. The van der Waals surface area contributed by atoms with E-state index >= 15 is 0 Å². The summed E-state index contributed by atoms with van der Waals surface area (Å²) in [6.07, 6.45) is 8.65. The van der Waals surface area contributed by atoms with Crippen molar-refractivity contribution < 1.29 is 9.32 Å². The number of aryl methyl sites for hydroxylation is 1. The minimum atomic E-state index is 0.146. The standard InChI is InChI=1S/C19H28N4O2/c1-11-20-18(25-22-11)12-5-7-23(8-6-12)19(24)21-17-10-13-9-16(17)15-4-2-3-14(13)15/h12-17H,2-10H2,1H3,(H,21,24). The van der Waals surface area contributed by atoms with E-state index in [0.29, 0.717) is 17.8 Å². The molecule has 6 nitrogen and oxygen atoms in total. The van der Waals surface area contributed by atoms with Crippen LogP contribution in [0.5, 0.6) is 0 Å². The van der Waals surface area contributed by atoms with Gasteiger partial charge in [0.25, 0.3) is 0 Å². The molecule has 3 aliphatic carbocycles. The molecule has 5 atom stereocenters. The number of fused-ring (bicyclic) bond motifs is 5. The van der Waals surface area contributed by atoms with Gasteiger partial charge in [-0.05, 0) is 69.1 Å². The first-order chi connectivity index (χ1) is 12.2. The molecule has 1 saturated heterocycles. The third-order valence-corrected chi connectivity index (χ3v) is 7.41. The molecular weight excluding hydrogens is 316 g/mol. The van der Waals surface area contributed by atoms with Gasteiger partial charge in [-0.3, -0.25) is 0 Å². The van der Waals surface area contributed by atoms with Crippen molar-refractivity contribution in [3.05, 3.63) is 11.7 Å². The molecule has 0 spiro atoms. The highest BCUT2D eigenvalue weighted by molar-refractivity contribution is 5.74. The summed E-state index contributed by atoms with van der Waals surface area (Å²) in [4.78, 5) is 19.1. The summed E-state index contributed by atoms with van der Waals surface area (Å²) >= 11 is 0. The Morgan fingerprint density at radius 2 is 1.92 bits per heavy atom. The number of rotatable bonds is 2. The van der Waals surface area contributed by atoms with E-state index in [-0.39, 0.29) is 6.03 Å². The molecular formula is C19H28N4O2. The van der Waals surface area contributed by atoms with Crippen molar-refractivity contribution in [1.29, 1.82) is 0 Å². The number of carbonyl (C=O) groups is 1. The maximum absolute atomic E-state index is 12.7. The van der Waals surface area contributed by atoms with Crippen molar-refractivity contribution in [3.63, 3.8) is 0 Å². The molecule has 2 amide bonds. The Bertz CT molecular complexity index is 652. The number of aromatic nitrogens is 2.